The lowest BCUT2D eigenvalue weighted by Gasteiger charge is -2.17. The van der Waals surface area contributed by atoms with Crippen molar-refractivity contribution in [3.8, 4) is 0 Å². The van der Waals surface area contributed by atoms with Gasteiger partial charge in [0.2, 0.25) is 15.9 Å². The number of hydrogen-bond donors (Lipinski definition) is 2. The van der Waals surface area contributed by atoms with E-state index in [0.717, 1.165) is 17.1 Å². The molecule has 1 saturated carbocycles. The topological polar surface area (TPSA) is 113 Å². The van der Waals surface area contributed by atoms with Crippen LogP contribution in [0.1, 0.15) is 40.5 Å². The van der Waals surface area contributed by atoms with Crippen LogP contribution in [0.4, 0.5) is 5.69 Å². The van der Waals surface area contributed by atoms with Crippen molar-refractivity contribution in [3.63, 3.8) is 0 Å². The summed E-state index contributed by atoms with van der Waals surface area (Å²) in [5.41, 5.74) is 1.36. The van der Waals surface area contributed by atoms with Crippen LogP contribution in [0, 0.1) is 0 Å². The summed E-state index contributed by atoms with van der Waals surface area (Å²) in [5, 5.41) is 5.50. The molecule has 0 heterocycles. The first kappa shape index (κ1) is 21.7. The number of carbonyl (C=O) groups excluding carboxylic acids is 3. The number of Topliss-reactive ketones (excluding diaryl/α,β-unsaturated/α-hetero) is 1. The molecule has 1 aliphatic carbocycles. The van der Waals surface area contributed by atoms with Gasteiger partial charge in [-0.1, -0.05) is 12.1 Å². The molecule has 1 aliphatic rings. The lowest BCUT2D eigenvalue weighted by molar-refractivity contribution is -0.116. The Morgan fingerprint density at radius 2 is 1.53 bits per heavy atom. The molecule has 158 valence electrons. The minimum atomic E-state index is -3.88. The van der Waals surface area contributed by atoms with E-state index >= 15 is 0 Å². The van der Waals surface area contributed by atoms with Gasteiger partial charge in [0, 0.05) is 29.9 Å². The lowest BCUT2D eigenvalue weighted by atomic mass is 10.2. The van der Waals surface area contributed by atoms with Gasteiger partial charge in [0.1, 0.15) is 0 Å². The predicted molar refractivity (Wildman–Crippen MR) is 112 cm³/mol. The first-order valence-corrected chi connectivity index (χ1v) is 10.9. The molecule has 0 radical (unpaired) electrons. The second-order valence-corrected chi connectivity index (χ2v) is 9.26. The number of benzene rings is 2. The third-order valence-corrected chi connectivity index (χ3v) is 6.50. The molecule has 0 aromatic heterocycles. The maximum absolute atomic E-state index is 12.6. The Kier molecular flexibility index (Phi) is 6.33. The van der Waals surface area contributed by atoms with E-state index in [1.54, 1.807) is 24.3 Å². The Balaban J connectivity index is 1.59. The summed E-state index contributed by atoms with van der Waals surface area (Å²) in [6.07, 6.45) is 1.99. The number of nitrogens with zero attached hydrogens (tertiary/aromatic N) is 1. The van der Waals surface area contributed by atoms with E-state index in [1.165, 1.54) is 38.2 Å². The molecule has 0 aliphatic heterocycles. The monoisotopic (exact) mass is 429 g/mol. The van der Waals surface area contributed by atoms with Crippen LogP contribution in [-0.2, 0) is 14.8 Å². The maximum atomic E-state index is 12.6. The second-order valence-electron chi connectivity index (χ2n) is 7.21. The Hall–Kier alpha value is -3.04. The molecule has 8 nitrogen and oxygen atoms in total. The fourth-order valence-electron chi connectivity index (χ4n) is 2.73. The largest absolute Gasteiger partial charge is 0.349 e. The molecule has 0 spiro atoms. The Morgan fingerprint density at radius 1 is 0.967 bits per heavy atom. The first-order valence-electron chi connectivity index (χ1n) is 9.45. The molecular weight excluding hydrogens is 406 g/mol. The third kappa shape index (κ3) is 5.31. The van der Waals surface area contributed by atoms with Gasteiger partial charge in [-0.15, -0.1) is 0 Å². The van der Waals surface area contributed by atoms with Gasteiger partial charge in [0.05, 0.1) is 11.4 Å². The van der Waals surface area contributed by atoms with Crippen molar-refractivity contribution in [3.05, 3.63) is 59.7 Å². The highest BCUT2D eigenvalue weighted by Crippen LogP contribution is 2.20. The summed E-state index contributed by atoms with van der Waals surface area (Å²) in [7, 11) is -2.58. The van der Waals surface area contributed by atoms with E-state index in [4.69, 9.17) is 0 Å². The molecule has 0 bridgehead atoms. The summed E-state index contributed by atoms with van der Waals surface area (Å²) in [6, 6.07) is 12.2. The molecule has 1 fully saturated rings. The van der Waals surface area contributed by atoms with Crippen molar-refractivity contribution in [2.45, 2.75) is 30.7 Å². The normalized spacial score (nSPS) is 13.7. The molecule has 0 saturated heterocycles. The van der Waals surface area contributed by atoms with E-state index in [-0.39, 0.29) is 29.2 Å². The number of rotatable bonds is 8. The SMILES string of the molecule is CC(=O)c1ccc(S(=O)(=O)N(C)CC(=O)Nc2ccc(C(=O)NC3CC3)cc2)cc1. The average molecular weight is 429 g/mol. The van der Waals surface area contributed by atoms with Crippen molar-refractivity contribution < 1.29 is 22.8 Å². The molecular formula is C21H23N3O5S. The summed E-state index contributed by atoms with van der Waals surface area (Å²) in [6.45, 7) is 1.01. The fourth-order valence-corrected chi connectivity index (χ4v) is 3.86. The molecule has 2 amide bonds. The van der Waals surface area contributed by atoms with Crippen LogP contribution in [0.5, 0.6) is 0 Å². The highest BCUT2D eigenvalue weighted by Gasteiger charge is 2.24. The Morgan fingerprint density at radius 3 is 2.07 bits per heavy atom. The molecule has 9 heteroatoms. The standard InChI is InChI=1S/C21H23N3O5S/c1-14(25)15-5-11-19(12-6-15)30(28,29)24(2)13-20(26)22-17-7-3-16(4-8-17)21(27)23-18-9-10-18/h3-8,11-12,18H,9-10,13H2,1-2H3,(H,22,26)(H,23,27). The molecule has 30 heavy (non-hydrogen) atoms. The molecule has 3 rings (SSSR count). The van der Waals surface area contributed by atoms with Crippen molar-refractivity contribution in [2.75, 3.05) is 18.9 Å². The average Bonchev–Trinajstić information content (AvgIpc) is 3.52. The maximum Gasteiger partial charge on any atom is 0.251 e. The highest BCUT2D eigenvalue weighted by molar-refractivity contribution is 7.89. The van der Waals surface area contributed by atoms with Gasteiger partial charge >= 0.3 is 0 Å². The highest BCUT2D eigenvalue weighted by atomic mass is 32.2. The minimum Gasteiger partial charge on any atom is -0.349 e. The van der Waals surface area contributed by atoms with Gasteiger partial charge < -0.3 is 10.6 Å². The first-order chi connectivity index (χ1) is 14.2. The molecule has 0 unspecified atom stereocenters. The van der Waals surface area contributed by atoms with Gasteiger partial charge in [-0.05, 0) is 56.2 Å². The number of sulfonamides is 1. The van der Waals surface area contributed by atoms with Crippen molar-refractivity contribution >= 4 is 33.3 Å². The number of nitrogens with one attached hydrogen (secondary N) is 2. The number of hydrogen-bond acceptors (Lipinski definition) is 5. The molecule has 2 aromatic carbocycles. The van der Waals surface area contributed by atoms with Crippen molar-refractivity contribution in [1.29, 1.82) is 0 Å². The minimum absolute atomic E-state index is 0.00571. The quantitative estimate of drug-likeness (QED) is 0.624. The van der Waals surface area contributed by atoms with Crippen LogP contribution in [-0.4, -0.2) is 50.0 Å². The number of likely N-dealkylation sites (N-methyl/N-ethyl adjacent to an activating group) is 1. The second kappa shape index (κ2) is 8.76. The van der Waals surface area contributed by atoms with Crippen molar-refractivity contribution in [2.24, 2.45) is 0 Å². The zero-order valence-electron chi connectivity index (χ0n) is 16.7. The van der Waals surface area contributed by atoms with E-state index in [9.17, 15) is 22.8 Å². The summed E-state index contributed by atoms with van der Waals surface area (Å²) >= 11 is 0. The van der Waals surface area contributed by atoms with Crippen LogP contribution >= 0.6 is 0 Å². The van der Waals surface area contributed by atoms with Gasteiger partial charge in [-0.2, -0.15) is 4.31 Å². The Bertz CT molecular complexity index is 1060. The smallest absolute Gasteiger partial charge is 0.251 e. The fraction of sp³-hybridized carbons (Fsp3) is 0.286. The van der Waals surface area contributed by atoms with Crippen LogP contribution in [0.25, 0.3) is 0 Å². The van der Waals surface area contributed by atoms with Crippen LogP contribution in [0.15, 0.2) is 53.4 Å². The van der Waals surface area contributed by atoms with E-state index in [1.807, 2.05) is 0 Å². The van der Waals surface area contributed by atoms with Crippen LogP contribution < -0.4 is 10.6 Å². The third-order valence-electron chi connectivity index (χ3n) is 4.68. The van der Waals surface area contributed by atoms with Gasteiger partial charge in [-0.25, -0.2) is 8.42 Å². The number of anilines is 1. The summed E-state index contributed by atoms with van der Waals surface area (Å²) < 4.78 is 26.2. The van der Waals surface area contributed by atoms with E-state index in [2.05, 4.69) is 10.6 Å². The molecule has 0 atom stereocenters. The van der Waals surface area contributed by atoms with Gasteiger partial charge in [0.25, 0.3) is 5.91 Å². The molecule has 2 aromatic rings. The van der Waals surface area contributed by atoms with Crippen molar-refractivity contribution in [1.82, 2.24) is 9.62 Å². The Labute approximate surface area is 175 Å². The zero-order chi connectivity index (χ0) is 21.9. The number of amides is 2. The van der Waals surface area contributed by atoms with Crippen LogP contribution in [0.3, 0.4) is 0 Å². The number of ketones is 1. The number of carbonyl (C=O) groups is 3. The van der Waals surface area contributed by atoms with E-state index in [0.29, 0.717) is 16.8 Å². The predicted octanol–water partition coefficient (Wildman–Crippen LogP) is 2.04. The van der Waals surface area contributed by atoms with Gasteiger partial charge in [-0.3, -0.25) is 14.4 Å². The van der Waals surface area contributed by atoms with Gasteiger partial charge in [0.15, 0.2) is 5.78 Å². The lowest BCUT2D eigenvalue weighted by Crippen LogP contribution is -2.35. The molecule has 2 N–H and O–H groups in total. The summed E-state index contributed by atoms with van der Waals surface area (Å²) in [4.78, 5) is 35.6. The van der Waals surface area contributed by atoms with E-state index < -0.39 is 15.9 Å². The zero-order valence-corrected chi connectivity index (χ0v) is 17.5. The summed E-state index contributed by atoms with van der Waals surface area (Å²) in [5.74, 6) is -0.837. The van der Waals surface area contributed by atoms with Crippen LogP contribution in [0.2, 0.25) is 0 Å².